The van der Waals surface area contributed by atoms with Crippen molar-refractivity contribution in [3.63, 3.8) is 0 Å². The number of ether oxygens (including phenoxy) is 1. The van der Waals surface area contributed by atoms with E-state index in [1.54, 1.807) is 6.20 Å². The van der Waals surface area contributed by atoms with E-state index in [0.717, 1.165) is 61.7 Å². The highest BCUT2D eigenvalue weighted by Crippen LogP contribution is 2.45. The molecule has 0 bridgehead atoms. The maximum Gasteiger partial charge on any atom is 0.225 e. The minimum atomic E-state index is -0.603. The molecule has 1 aromatic carbocycles. The molecular formula is C35H44F2N6O2S. The number of rotatable bonds is 5. The smallest absolute Gasteiger partial charge is 0.225 e. The summed E-state index contributed by atoms with van der Waals surface area (Å²) in [5, 5.41) is 10.6. The molecule has 3 aliphatic rings. The molecule has 5 heterocycles. The minimum absolute atomic E-state index is 0.0959. The van der Waals surface area contributed by atoms with Gasteiger partial charge in [-0.3, -0.25) is 4.98 Å². The molecule has 1 unspecified atom stereocenters. The van der Waals surface area contributed by atoms with Crippen LogP contribution in [0.25, 0.3) is 32.2 Å². The van der Waals surface area contributed by atoms with Crippen molar-refractivity contribution in [1.82, 2.24) is 15.0 Å². The number of carbonyl (C=O) groups excluding carboxylic acids is 1. The van der Waals surface area contributed by atoms with E-state index < -0.39 is 11.6 Å². The lowest BCUT2D eigenvalue weighted by Crippen LogP contribution is -2.21. The monoisotopic (exact) mass is 650 g/mol. The van der Waals surface area contributed by atoms with Gasteiger partial charge in [0.2, 0.25) is 5.95 Å². The van der Waals surface area contributed by atoms with E-state index in [4.69, 9.17) is 10.5 Å². The van der Waals surface area contributed by atoms with E-state index >= 15 is 4.39 Å². The zero-order valence-electron chi connectivity index (χ0n) is 27.5. The van der Waals surface area contributed by atoms with Crippen LogP contribution in [0.2, 0.25) is 0 Å². The van der Waals surface area contributed by atoms with Gasteiger partial charge in [-0.1, -0.05) is 60.3 Å². The van der Waals surface area contributed by atoms with Crippen LogP contribution in [0.5, 0.6) is 0 Å². The summed E-state index contributed by atoms with van der Waals surface area (Å²) < 4.78 is 36.6. The second-order valence-corrected chi connectivity index (χ2v) is 12.8. The van der Waals surface area contributed by atoms with Crippen molar-refractivity contribution in [2.75, 3.05) is 23.7 Å². The van der Waals surface area contributed by atoms with Crippen molar-refractivity contribution in [2.45, 2.75) is 92.8 Å². The fourth-order valence-electron chi connectivity index (χ4n) is 5.74. The van der Waals surface area contributed by atoms with Crippen molar-refractivity contribution in [2.24, 2.45) is 11.8 Å². The number of nitrogens with two attached hydrogens (primary N) is 1. The number of aldehydes is 1. The van der Waals surface area contributed by atoms with E-state index in [0.29, 0.717) is 28.7 Å². The van der Waals surface area contributed by atoms with Crippen LogP contribution in [0.15, 0.2) is 12.4 Å². The molecule has 1 aliphatic carbocycles. The van der Waals surface area contributed by atoms with Gasteiger partial charge in [-0.25, -0.2) is 18.7 Å². The maximum atomic E-state index is 16.2. The molecule has 11 heteroatoms. The van der Waals surface area contributed by atoms with Crippen LogP contribution in [0.3, 0.4) is 0 Å². The molecule has 246 valence electrons. The Labute approximate surface area is 274 Å². The number of halogens is 2. The Hall–Kier alpha value is -3.75. The van der Waals surface area contributed by atoms with Crippen molar-refractivity contribution >= 4 is 49.6 Å². The maximum absolute atomic E-state index is 16.2. The van der Waals surface area contributed by atoms with E-state index in [9.17, 15) is 14.4 Å². The summed E-state index contributed by atoms with van der Waals surface area (Å²) in [6.45, 7) is 12.7. The number of unbranched alkanes of at least 4 members (excludes halogenated alkanes) is 2. The molecule has 1 saturated carbocycles. The van der Waals surface area contributed by atoms with Gasteiger partial charge < -0.3 is 20.2 Å². The molecule has 46 heavy (non-hydrogen) atoms. The van der Waals surface area contributed by atoms with Crippen LogP contribution in [0.4, 0.5) is 19.7 Å². The molecule has 8 nitrogen and oxygen atoms in total. The minimum Gasteiger partial charge on any atom is -0.389 e. The second kappa shape index (κ2) is 16.2. The number of hydrogen-bond acceptors (Lipinski definition) is 9. The third-order valence-corrected chi connectivity index (χ3v) is 9.52. The largest absolute Gasteiger partial charge is 0.389 e. The van der Waals surface area contributed by atoms with Crippen LogP contribution in [0.1, 0.15) is 96.3 Å². The number of thiophene rings is 1. The number of nitrogen functional groups attached to an aromatic ring is 1. The summed E-state index contributed by atoms with van der Waals surface area (Å²) in [6.07, 6.45) is 12.4. The molecule has 0 radical (unpaired) electrons. The average molecular weight is 651 g/mol. The first kappa shape index (κ1) is 35.1. The van der Waals surface area contributed by atoms with Gasteiger partial charge in [-0.2, -0.15) is 5.26 Å². The predicted octanol–water partition coefficient (Wildman–Crippen LogP) is 8.72. The molecule has 2 aliphatic heterocycles. The quantitative estimate of drug-likeness (QED) is 0.213. The molecule has 0 amide bonds. The van der Waals surface area contributed by atoms with Crippen LogP contribution in [-0.4, -0.2) is 34.3 Å². The molecular weight excluding hydrogens is 606 g/mol. The lowest BCUT2D eigenvalue weighted by atomic mass is 9.87. The van der Waals surface area contributed by atoms with Gasteiger partial charge in [0.25, 0.3) is 0 Å². The number of aromatic nitrogens is 3. The summed E-state index contributed by atoms with van der Waals surface area (Å²) in [6, 6.07) is 2.02. The summed E-state index contributed by atoms with van der Waals surface area (Å²) in [7, 11) is 0. The highest BCUT2D eigenvalue weighted by Gasteiger charge is 2.30. The van der Waals surface area contributed by atoms with Gasteiger partial charge in [0.15, 0.2) is 11.6 Å². The highest BCUT2D eigenvalue weighted by atomic mass is 32.1. The Kier molecular flexibility index (Phi) is 12.4. The number of nitrogens with zero attached hydrogens (tertiary/aromatic N) is 5. The zero-order valence-corrected chi connectivity index (χ0v) is 28.3. The SMILES string of the molecule is CC.CC1CCN(c2ncc3c4c(c(-c5ncc(F)c6sc(N)c(C#N)c56)c(F)c3n2)COC4)C1.CCCCC.O=CC1CCC1. The molecule has 0 spiro atoms. The number of benzene rings is 1. The van der Waals surface area contributed by atoms with Crippen LogP contribution < -0.4 is 10.6 Å². The molecule has 7 rings (SSSR count). The average Bonchev–Trinajstić information content (AvgIpc) is 3.78. The van der Waals surface area contributed by atoms with Gasteiger partial charge in [-0.15, -0.1) is 11.3 Å². The van der Waals surface area contributed by atoms with Gasteiger partial charge >= 0.3 is 0 Å². The number of nitriles is 1. The molecule has 2 fully saturated rings. The topological polar surface area (TPSA) is 118 Å². The fourth-order valence-corrected chi connectivity index (χ4v) is 6.66. The number of carbonyl (C=O) groups is 1. The standard InChI is InChI=1S/C23H18F2N6OS.C5H8O.C5H12.C2H6/c1-10-2-3-31(7-10)23-29-5-12-13-8-32-9-14(13)16(18(25)19(12)30-23)20-17-11(4-26)22(27)33-21(17)15(24)6-28-20;6-4-5-2-1-3-5;1-3-5-4-2;1-2/h5-6,10H,2-3,7-9,27H2,1H3;4-5H,1-3H2;3-5H2,1-2H3;1-2H3. The Bertz CT molecular complexity index is 1710. The van der Waals surface area contributed by atoms with E-state index in [1.807, 2.05) is 19.9 Å². The lowest BCUT2D eigenvalue weighted by Gasteiger charge is -2.18. The summed E-state index contributed by atoms with van der Waals surface area (Å²) >= 11 is 0.955. The van der Waals surface area contributed by atoms with Crippen molar-refractivity contribution in [1.29, 1.82) is 5.26 Å². The van der Waals surface area contributed by atoms with Crippen molar-refractivity contribution in [3.05, 3.63) is 40.7 Å². The first-order chi connectivity index (χ1) is 22.3. The second-order valence-electron chi connectivity index (χ2n) is 11.7. The van der Waals surface area contributed by atoms with Gasteiger partial charge in [0.1, 0.15) is 22.9 Å². The van der Waals surface area contributed by atoms with Crippen LogP contribution in [0, 0.1) is 34.8 Å². The first-order valence-corrected chi connectivity index (χ1v) is 17.2. The predicted molar refractivity (Wildman–Crippen MR) is 182 cm³/mol. The molecule has 3 aromatic heterocycles. The Morgan fingerprint density at radius 2 is 1.85 bits per heavy atom. The third-order valence-electron chi connectivity index (χ3n) is 8.49. The first-order valence-electron chi connectivity index (χ1n) is 16.4. The summed E-state index contributed by atoms with van der Waals surface area (Å²) in [5.41, 5.74) is 7.98. The Morgan fingerprint density at radius 1 is 1.13 bits per heavy atom. The van der Waals surface area contributed by atoms with Crippen molar-refractivity contribution in [3.8, 4) is 17.3 Å². The Balaban J connectivity index is 0.000000313. The number of fused-ring (bicyclic) bond motifs is 4. The number of anilines is 2. The van der Waals surface area contributed by atoms with Crippen molar-refractivity contribution < 1.29 is 18.3 Å². The van der Waals surface area contributed by atoms with Gasteiger partial charge in [0.05, 0.1) is 35.4 Å². The van der Waals surface area contributed by atoms with Gasteiger partial charge in [-0.05, 0) is 36.3 Å². The highest BCUT2D eigenvalue weighted by molar-refractivity contribution is 7.23. The summed E-state index contributed by atoms with van der Waals surface area (Å²) in [5.74, 6) is 0.242. The molecule has 1 atom stereocenters. The molecule has 4 aromatic rings. The lowest BCUT2D eigenvalue weighted by molar-refractivity contribution is -0.113. The number of hydrogen-bond donors (Lipinski definition) is 1. The Morgan fingerprint density at radius 3 is 2.39 bits per heavy atom. The molecule has 1 saturated heterocycles. The third kappa shape index (κ3) is 7.13. The normalized spacial score (nSPS) is 16.7. The fraction of sp³-hybridized carbons (Fsp3) is 0.514. The van der Waals surface area contributed by atoms with Crippen LogP contribution >= 0.6 is 11.3 Å². The number of pyridine rings is 1. The zero-order chi connectivity index (χ0) is 33.4. The van der Waals surface area contributed by atoms with E-state index in [-0.39, 0.29) is 50.6 Å². The molecule has 2 N–H and O–H groups in total. The van der Waals surface area contributed by atoms with E-state index in [1.165, 1.54) is 25.7 Å². The van der Waals surface area contributed by atoms with Crippen LogP contribution in [-0.2, 0) is 22.7 Å². The van der Waals surface area contributed by atoms with Gasteiger partial charge in [0, 0.05) is 41.5 Å². The summed E-state index contributed by atoms with van der Waals surface area (Å²) in [4.78, 5) is 25.2. The van der Waals surface area contributed by atoms with E-state index in [2.05, 4.69) is 40.6 Å².